The predicted molar refractivity (Wildman–Crippen MR) is 79.7 cm³/mol. The average molecular weight is 291 g/mol. The highest BCUT2D eigenvalue weighted by Gasteiger charge is 2.17. The fraction of sp³-hybridized carbons (Fsp3) is 0.333. The number of ether oxygens (including phenoxy) is 1. The molecule has 1 aromatic heterocycles. The molecule has 0 saturated carbocycles. The van der Waals surface area contributed by atoms with Crippen LogP contribution in [0.3, 0.4) is 0 Å². The zero-order chi connectivity index (χ0) is 14.5. The lowest BCUT2D eigenvalue weighted by atomic mass is 10.2. The van der Waals surface area contributed by atoms with E-state index in [0.29, 0.717) is 17.0 Å². The number of hydrogen-bond acceptors (Lipinski definition) is 4. The van der Waals surface area contributed by atoms with Crippen LogP contribution in [-0.4, -0.2) is 23.2 Å². The van der Waals surface area contributed by atoms with Gasteiger partial charge in [-0.3, -0.25) is 0 Å². The molecule has 1 N–H and O–H groups in total. The van der Waals surface area contributed by atoms with E-state index in [2.05, 4.69) is 11.9 Å². The zero-order valence-electron chi connectivity index (χ0n) is 11.5. The number of methoxy groups -OCH3 is 1. The number of benzene rings is 1. The quantitative estimate of drug-likeness (QED) is 0.878. The van der Waals surface area contributed by atoms with Crippen LogP contribution in [0.2, 0.25) is 0 Å². The summed E-state index contributed by atoms with van der Waals surface area (Å²) in [6, 6.07) is 7.51. The molecule has 0 spiro atoms. The standard InChI is InChI=1S/C15H17NO3S/c1-3-4-8-12-13(15(17)18)20-14(16-12)10-6-5-7-11(9-10)19-2/h5-7,9H,3-4,8H2,1-2H3,(H,17,18). The molecule has 0 aliphatic rings. The Kier molecular flexibility index (Phi) is 4.74. The van der Waals surface area contributed by atoms with Gasteiger partial charge in [-0.1, -0.05) is 25.5 Å². The lowest BCUT2D eigenvalue weighted by molar-refractivity contribution is 0.0700. The first-order valence-electron chi connectivity index (χ1n) is 6.53. The van der Waals surface area contributed by atoms with Gasteiger partial charge in [-0.2, -0.15) is 0 Å². The Morgan fingerprint density at radius 3 is 2.90 bits per heavy atom. The highest BCUT2D eigenvalue weighted by molar-refractivity contribution is 7.17. The Morgan fingerprint density at radius 1 is 1.45 bits per heavy atom. The van der Waals surface area contributed by atoms with Crippen LogP contribution in [0.5, 0.6) is 5.75 Å². The van der Waals surface area contributed by atoms with Crippen LogP contribution in [0, 0.1) is 0 Å². The number of carbonyl (C=O) groups is 1. The summed E-state index contributed by atoms with van der Waals surface area (Å²) in [6.07, 6.45) is 2.67. The van der Waals surface area contributed by atoms with Gasteiger partial charge in [0.2, 0.25) is 0 Å². The highest BCUT2D eigenvalue weighted by Crippen LogP contribution is 2.31. The second kappa shape index (κ2) is 6.52. The number of aromatic carboxylic acids is 1. The van der Waals surface area contributed by atoms with Gasteiger partial charge in [-0.05, 0) is 25.0 Å². The molecule has 0 unspecified atom stereocenters. The molecule has 5 heteroatoms. The van der Waals surface area contributed by atoms with Crippen LogP contribution in [0.25, 0.3) is 10.6 Å². The van der Waals surface area contributed by atoms with Gasteiger partial charge in [0.15, 0.2) is 0 Å². The summed E-state index contributed by atoms with van der Waals surface area (Å²) in [5.74, 6) is -0.160. The normalized spacial score (nSPS) is 10.5. The second-order valence-electron chi connectivity index (χ2n) is 4.44. The molecule has 0 radical (unpaired) electrons. The Hall–Kier alpha value is -1.88. The van der Waals surface area contributed by atoms with Crippen LogP contribution in [0.4, 0.5) is 0 Å². The summed E-state index contributed by atoms with van der Waals surface area (Å²) in [6.45, 7) is 2.08. The number of carboxylic acids is 1. The van der Waals surface area contributed by atoms with E-state index in [1.54, 1.807) is 7.11 Å². The maximum atomic E-state index is 11.3. The number of nitrogens with zero attached hydrogens (tertiary/aromatic N) is 1. The van der Waals surface area contributed by atoms with Crippen molar-refractivity contribution in [2.75, 3.05) is 7.11 Å². The number of aryl methyl sites for hydroxylation is 1. The van der Waals surface area contributed by atoms with Crippen molar-refractivity contribution in [3.63, 3.8) is 0 Å². The van der Waals surface area contributed by atoms with E-state index >= 15 is 0 Å². The topological polar surface area (TPSA) is 59.4 Å². The Morgan fingerprint density at radius 2 is 2.25 bits per heavy atom. The summed E-state index contributed by atoms with van der Waals surface area (Å²) in [5, 5.41) is 10.0. The average Bonchev–Trinajstić information content (AvgIpc) is 2.89. The largest absolute Gasteiger partial charge is 0.497 e. The van der Waals surface area contributed by atoms with Crippen LogP contribution in [-0.2, 0) is 6.42 Å². The van der Waals surface area contributed by atoms with Crippen LogP contribution in [0.1, 0.15) is 35.1 Å². The number of carboxylic acid groups (broad SMARTS) is 1. The molecule has 4 nitrogen and oxygen atoms in total. The lowest BCUT2D eigenvalue weighted by Crippen LogP contribution is -1.98. The van der Waals surface area contributed by atoms with Crippen LogP contribution >= 0.6 is 11.3 Å². The molecule has 0 amide bonds. The third kappa shape index (κ3) is 3.17. The molecule has 0 saturated heterocycles. The van der Waals surface area contributed by atoms with E-state index in [9.17, 15) is 9.90 Å². The zero-order valence-corrected chi connectivity index (χ0v) is 12.4. The van der Waals surface area contributed by atoms with Gasteiger partial charge in [0.1, 0.15) is 15.6 Å². The third-order valence-corrected chi connectivity index (χ3v) is 4.11. The van der Waals surface area contributed by atoms with Crippen molar-refractivity contribution in [1.82, 2.24) is 4.98 Å². The number of rotatable bonds is 6. The summed E-state index contributed by atoms with van der Waals surface area (Å²) in [5.41, 5.74) is 1.57. The van der Waals surface area contributed by atoms with Gasteiger partial charge < -0.3 is 9.84 Å². The maximum absolute atomic E-state index is 11.3. The fourth-order valence-electron chi connectivity index (χ4n) is 1.91. The monoisotopic (exact) mass is 291 g/mol. The molecule has 2 aromatic rings. The minimum Gasteiger partial charge on any atom is -0.497 e. The Balaban J connectivity index is 2.38. The molecule has 1 aromatic carbocycles. The van der Waals surface area contributed by atoms with Crippen molar-refractivity contribution in [1.29, 1.82) is 0 Å². The summed E-state index contributed by atoms with van der Waals surface area (Å²) in [7, 11) is 1.61. The van der Waals surface area contributed by atoms with Gasteiger partial charge in [0.25, 0.3) is 0 Å². The van der Waals surface area contributed by atoms with Crippen molar-refractivity contribution < 1.29 is 14.6 Å². The summed E-state index contributed by atoms with van der Waals surface area (Å²) < 4.78 is 5.19. The van der Waals surface area contributed by atoms with E-state index in [4.69, 9.17) is 4.74 Å². The molecule has 0 bridgehead atoms. The number of aromatic nitrogens is 1. The minimum atomic E-state index is -0.900. The van der Waals surface area contributed by atoms with Crippen molar-refractivity contribution in [2.24, 2.45) is 0 Å². The molecule has 0 atom stereocenters. The molecule has 2 rings (SSSR count). The van der Waals surface area contributed by atoms with Gasteiger partial charge in [-0.15, -0.1) is 11.3 Å². The third-order valence-electron chi connectivity index (χ3n) is 2.98. The maximum Gasteiger partial charge on any atom is 0.347 e. The molecule has 0 aliphatic carbocycles. The molecule has 0 aliphatic heterocycles. The lowest BCUT2D eigenvalue weighted by Gasteiger charge is -2.01. The molecule has 1 heterocycles. The van der Waals surface area contributed by atoms with Gasteiger partial charge in [-0.25, -0.2) is 9.78 Å². The Labute approximate surface area is 122 Å². The number of hydrogen-bond donors (Lipinski definition) is 1. The SMILES string of the molecule is CCCCc1nc(-c2cccc(OC)c2)sc1C(=O)O. The Bertz CT molecular complexity index is 607. The summed E-state index contributed by atoms with van der Waals surface area (Å²) in [4.78, 5) is 16.1. The van der Waals surface area contributed by atoms with E-state index in [1.807, 2.05) is 24.3 Å². The number of thiazole rings is 1. The van der Waals surface area contributed by atoms with Crippen molar-refractivity contribution in [2.45, 2.75) is 26.2 Å². The highest BCUT2D eigenvalue weighted by atomic mass is 32.1. The van der Waals surface area contributed by atoms with Gasteiger partial charge in [0, 0.05) is 5.56 Å². The molecular formula is C15H17NO3S. The predicted octanol–water partition coefficient (Wildman–Crippen LogP) is 3.86. The molecular weight excluding hydrogens is 274 g/mol. The summed E-state index contributed by atoms with van der Waals surface area (Å²) >= 11 is 1.22. The van der Waals surface area contributed by atoms with E-state index in [0.717, 1.165) is 29.2 Å². The number of unbranched alkanes of at least 4 members (excludes halogenated alkanes) is 1. The van der Waals surface area contributed by atoms with E-state index < -0.39 is 5.97 Å². The van der Waals surface area contributed by atoms with Crippen molar-refractivity contribution in [3.05, 3.63) is 34.8 Å². The first kappa shape index (κ1) is 14.5. The smallest absolute Gasteiger partial charge is 0.347 e. The van der Waals surface area contributed by atoms with Crippen LogP contribution in [0.15, 0.2) is 24.3 Å². The van der Waals surface area contributed by atoms with E-state index in [1.165, 1.54) is 11.3 Å². The first-order valence-corrected chi connectivity index (χ1v) is 7.34. The van der Waals surface area contributed by atoms with E-state index in [-0.39, 0.29) is 0 Å². The minimum absolute atomic E-state index is 0.344. The molecule has 20 heavy (non-hydrogen) atoms. The van der Waals surface area contributed by atoms with Crippen molar-refractivity contribution >= 4 is 17.3 Å². The van der Waals surface area contributed by atoms with Crippen LogP contribution < -0.4 is 4.74 Å². The molecule has 0 fully saturated rings. The fourth-order valence-corrected chi connectivity index (χ4v) is 2.86. The second-order valence-corrected chi connectivity index (χ2v) is 5.43. The van der Waals surface area contributed by atoms with Gasteiger partial charge in [0.05, 0.1) is 12.8 Å². The van der Waals surface area contributed by atoms with Crippen molar-refractivity contribution in [3.8, 4) is 16.3 Å². The first-order chi connectivity index (χ1) is 9.65. The molecule has 106 valence electrons. The van der Waals surface area contributed by atoms with Gasteiger partial charge >= 0.3 is 5.97 Å².